The minimum absolute atomic E-state index is 0.0681. The van der Waals surface area contributed by atoms with Crippen LogP contribution in [0.3, 0.4) is 0 Å². The van der Waals surface area contributed by atoms with Gasteiger partial charge in [0.2, 0.25) is 0 Å². The second-order valence-electron chi connectivity index (χ2n) is 3.29. The van der Waals surface area contributed by atoms with E-state index in [2.05, 4.69) is 14.9 Å². The highest BCUT2D eigenvalue weighted by Gasteiger charge is 2.36. The number of aromatic nitrogens is 2. The van der Waals surface area contributed by atoms with Crippen molar-refractivity contribution in [3.05, 3.63) is 23.0 Å². The molecule has 0 atom stereocenters. The summed E-state index contributed by atoms with van der Waals surface area (Å²) in [6.07, 6.45) is -2.09. The molecule has 0 spiro atoms. The van der Waals surface area contributed by atoms with E-state index in [1.54, 1.807) is 0 Å². The molecule has 94 valence electrons. The largest absolute Gasteiger partial charge is 0.469 e. The van der Waals surface area contributed by atoms with Crippen molar-refractivity contribution in [2.24, 2.45) is 0 Å². The molecule has 0 amide bonds. The third-order valence-corrected chi connectivity index (χ3v) is 2.06. The number of carbonyl (C=O) groups is 1. The van der Waals surface area contributed by atoms with Crippen molar-refractivity contribution in [2.45, 2.75) is 19.5 Å². The van der Waals surface area contributed by atoms with E-state index in [4.69, 9.17) is 0 Å². The monoisotopic (exact) mass is 248 g/mol. The number of halogens is 3. The number of carbonyl (C=O) groups excluding carboxylic acids is 1. The average molecular weight is 248 g/mol. The Morgan fingerprint density at radius 1 is 1.53 bits per heavy atom. The molecular weight excluding hydrogens is 237 g/mol. The van der Waals surface area contributed by atoms with Crippen molar-refractivity contribution in [2.75, 3.05) is 7.11 Å². The average Bonchev–Trinajstić information content (AvgIpc) is 2.59. The molecule has 1 heterocycles. The Hall–Kier alpha value is -1.79. The van der Waals surface area contributed by atoms with Crippen molar-refractivity contribution < 1.29 is 22.7 Å². The van der Waals surface area contributed by atoms with E-state index in [1.165, 1.54) is 26.2 Å². The fourth-order valence-corrected chi connectivity index (χ4v) is 1.21. The summed E-state index contributed by atoms with van der Waals surface area (Å²) in [6.45, 7) is 1.47. The Morgan fingerprint density at radius 2 is 2.18 bits per heavy atom. The number of H-pyrrole nitrogens is 1. The molecule has 0 aliphatic heterocycles. The lowest BCUT2D eigenvalue weighted by Gasteiger charge is -2.03. The molecule has 0 saturated heterocycles. The van der Waals surface area contributed by atoms with Crippen LogP contribution in [0.15, 0.2) is 6.08 Å². The molecule has 0 radical (unpaired) electrons. The number of nitrogens with zero attached hydrogens (tertiary/aromatic N) is 1. The van der Waals surface area contributed by atoms with E-state index >= 15 is 0 Å². The molecule has 1 aromatic rings. The molecule has 0 unspecified atom stereocenters. The normalized spacial score (nSPS) is 12.1. The number of hydrogen-bond donors (Lipinski definition) is 1. The maximum absolute atomic E-state index is 12.5. The van der Waals surface area contributed by atoms with Gasteiger partial charge in [0.05, 0.1) is 13.5 Å². The molecule has 0 aliphatic carbocycles. The lowest BCUT2D eigenvalue weighted by Crippen LogP contribution is -2.07. The summed E-state index contributed by atoms with van der Waals surface area (Å²) in [4.78, 5) is 10.8. The lowest BCUT2D eigenvalue weighted by molar-refractivity contribution is -0.141. The summed E-state index contributed by atoms with van der Waals surface area (Å²) in [5, 5.41) is 5.45. The first-order chi connectivity index (χ1) is 7.86. The fourth-order valence-electron chi connectivity index (χ4n) is 1.21. The Kier molecular flexibility index (Phi) is 3.93. The van der Waals surface area contributed by atoms with Gasteiger partial charge in [0.25, 0.3) is 0 Å². The van der Waals surface area contributed by atoms with Gasteiger partial charge in [0.15, 0.2) is 5.69 Å². The quantitative estimate of drug-likeness (QED) is 0.835. The summed E-state index contributed by atoms with van der Waals surface area (Å²) in [5.74, 6) is -0.518. The first kappa shape index (κ1) is 13.3. The number of esters is 1. The van der Waals surface area contributed by atoms with Gasteiger partial charge in [0.1, 0.15) is 0 Å². The molecule has 17 heavy (non-hydrogen) atoms. The Bertz CT molecular complexity index is 435. The highest BCUT2D eigenvalue weighted by molar-refractivity contribution is 5.72. The summed E-state index contributed by atoms with van der Waals surface area (Å²) in [6, 6.07) is 0. The van der Waals surface area contributed by atoms with Crippen LogP contribution in [0.4, 0.5) is 13.2 Å². The molecule has 1 N–H and O–H groups in total. The van der Waals surface area contributed by atoms with Crippen LogP contribution in [0.2, 0.25) is 0 Å². The van der Waals surface area contributed by atoms with Gasteiger partial charge in [-0.1, -0.05) is 12.2 Å². The van der Waals surface area contributed by atoms with Gasteiger partial charge in [-0.15, -0.1) is 0 Å². The smallest absolute Gasteiger partial charge is 0.435 e. The van der Waals surface area contributed by atoms with Crippen molar-refractivity contribution >= 4 is 12.0 Å². The van der Waals surface area contributed by atoms with E-state index < -0.39 is 17.8 Å². The van der Waals surface area contributed by atoms with Gasteiger partial charge in [-0.05, 0) is 6.92 Å². The summed E-state index contributed by atoms with van der Waals surface area (Å²) < 4.78 is 41.9. The van der Waals surface area contributed by atoms with Crippen LogP contribution in [0.25, 0.3) is 6.08 Å². The second kappa shape index (κ2) is 5.03. The predicted molar refractivity (Wildman–Crippen MR) is 54.0 cm³/mol. The van der Waals surface area contributed by atoms with Crippen LogP contribution in [0, 0.1) is 6.92 Å². The number of methoxy groups -OCH3 is 1. The van der Waals surface area contributed by atoms with Crippen LogP contribution in [0.5, 0.6) is 0 Å². The number of hydrogen-bond acceptors (Lipinski definition) is 3. The first-order valence-electron chi connectivity index (χ1n) is 4.71. The summed E-state index contributed by atoms with van der Waals surface area (Å²) in [7, 11) is 1.21. The van der Waals surface area contributed by atoms with Gasteiger partial charge in [-0.25, -0.2) is 0 Å². The SMILES string of the molecule is COC(=O)CC=Cc1c(C(F)(F)F)n[nH]c1C. The van der Waals surface area contributed by atoms with Crippen LogP contribution in [0.1, 0.15) is 23.4 Å². The summed E-state index contributed by atoms with van der Waals surface area (Å²) >= 11 is 0. The van der Waals surface area contributed by atoms with E-state index in [-0.39, 0.29) is 12.0 Å². The number of aromatic amines is 1. The predicted octanol–water partition coefficient (Wildman–Crippen LogP) is 2.31. The van der Waals surface area contributed by atoms with Crippen LogP contribution in [-0.2, 0) is 15.7 Å². The van der Waals surface area contributed by atoms with Crippen LogP contribution < -0.4 is 0 Å². The van der Waals surface area contributed by atoms with Gasteiger partial charge in [0, 0.05) is 11.3 Å². The van der Waals surface area contributed by atoms with Crippen molar-refractivity contribution in [3.8, 4) is 0 Å². The zero-order valence-electron chi connectivity index (χ0n) is 9.26. The zero-order valence-corrected chi connectivity index (χ0v) is 9.26. The molecule has 0 saturated carbocycles. The summed E-state index contributed by atoms with van der Waals surface area (Å²) in [5.41, 5.74) is -0.768. The van der Waals surface area contributed by atoms with Gasteiger partial charge < -0.3 is 4.74 Å². The number of alkyl halides is 3. The highest BCUT2D eigenvalue weighted by Crippen LogP contribution is 2.32. The Balaban J connectivity index is 2.91. The second-order valence-corrected chi connectivity index (χ2v) is 3.29. The fraction of sp³-hybridized carbons (Fsp3) is 0.400. The number of aryl methyl sites for hydroxylation is 1. The minimum atomic E-state index is -4.52. The maximum atomic E-state index is 12.5. The van der Waals surface area contributed by atoms with Crippen LogP contribution >= 0.6 is 0 Å². The van der Waals surface area contributed by atoms with Gasteiger partial charge in [-0.3, -0.25) is 9.89 Å². The first-order valence-corrected chi connectivity index (χ1v) is 4.71. The number of ether oxygens (including phenoxy) is 1. The number of rotatable bonds is 3. The molecule has 0 bridgehead atoms. The molecular formula is C10H11F3N2O2. The lowest BCUT2D eigenvalue weighted by atomic mass is 10.1. The number of nitrogens with one attached hydrogen (secondary N) is 1. The molecule has 1 aromatic heterocycles. The maximum Gasteiger partial charge on any atom is 0.435 e. The van der Waals surface area contributed by atoms with Crippen molar-refractivity contribution in [1.29, 1.82) is 0 Å². The molecule has 7 heteroatoms. The molecule has 4 nitrogen and oxygen atoms in total. The highest BCUT2D eigenvalue weighted by atomic mass is 19.4. The zero-order chi connectivity index (χ0) is 13.1. The van der Waals surface area contributed by atoms with Gasteiger partial charge in [-0.2, -0.15) is 18.3 Å². The van der Waals surface area contributed by atoms with Crippen LogP contribution in [-0.4, -0.2) is 23.3 Å². The topological polar surface area (TPSA) is 55.0 Å². The van der Waals surface area contributed by atoms with E-state index in [1.807, 2.05) is 0 Å². The molecule has 0 aliphatic rings. The Labute approximate surface area is 95.5 Å². The molecule has 0 fully saturated rings. The van der Waals surface area contributed by atoms with Crippen molar-refractivity contribution in [1.82, 2.24) is 10.2 Å². The molecule has 1 rings (SSSR count). The standard InChI is InChI=1S/C10H11F3N2O2/c1-6-7(4-3-5-8(16)17-2)9(15-14-6)10(11,12)13/h3-4H,5H2,1-2H3,(H,14,15). The van der Waals surface area contributed by atoms with E-state index in [0.29, 0.717) is 5.69 Å². The van der Waals surface area contributed by atoms with E-state index in [0.717, 1.165) is 0 Å². The minimum Gasteiger partial charge on any atom is -0.469 e. The van der Waals surface area contributed by atoms with E-state index in [9.17, 15) is 18.0 Å². The Morgan fingerprint density at radius 3 is 2.71 bits per heavy atom. The van der Waals surface area contributed by atoms with Crippen molar-refractivity contribution in [3.63, 3.8) is 0 Å². The third kappa shape index (κ3) is 3.33. The van der Waals surface area contributed by atoms with Gasteiger partial charge >= 0.3 is 12.1 Å². The third-order valence-electron chi connectivity index (χ3n) is 2.06. The molecule has 0 aromatic carbocycles.